The highest BCUT2D eigenvalue weighted by atomic mass is 19.1. The molecule has 2 aromatic rings. The van der Waals surface area contributed by atoms with Crippen LogP contribution in [-0.2, 0) is 6.54 Å². The number of nitrogens with zero attached hydrogens (tertiary/aromatic N) is 1. The van der Waals surface area contributed by atoms with Gasteiger partial charge in [0.05, 0.1) is 11.4 Å². The lowest BCUT2D eigenvalue weighted by Crippen LogP contribution is -2.23. The van der Waals surface area contributed by atoms with E-state index in [1.165, 1.54) is 11.6 Å². The van der Waals surface area contributed by atoms with E-state index in [1.54, 1.807) is 6.92 Å². The first kappa shape index (κ1) is 13.4. The van der Waals surface area contributed by atoms with Crippen molar-refractivity contribution in [2.75, 3.05) is 17.2 Å². The molecule has 0 aliphatic heterocycles. The van der Waals surface area contributed by atoms with E-state index < -0.39 is 0 Å². The largest absolute Gasteiger partial charge is 0.397 e. The third kappa shape index (κ3) is 3.05. The molecule has 0 bridgehead atoms. The molecule has 0 aliphatic rings. The van der Waals surface area contributed by atoms with Gasteiger partial charge in [-0.15, -0.1) is 0 Å². The van der Waals surface area contributed by atoms with E-state index in [4.69, 9.17) is 5.73 Å². The van der Waals surface area contributed by atoms with Gasteiger partial charge in [0.25, 0.3) is 0 Å². The first-order chi connectivity index (χ1) is 9.11. The monoisotopic (exact) mass is 258 g/mol. The van der Waals surface area contributed by atoms with Crippen molar-refractivity contribution in [3.8, 4) is 0 Å². The summed E-state index contributed by atoms with van der Waals surface area (Å²) in [5.74, 6) is -0.253. The Hall–Kier alpha value is -2.03. The van der Waals surface area contributed by atoms with Crippen LogP contribution >= 0.6 is 0 Å². The van der Waals surface area contributed by atoms with Crippen molar-refractivity contribution in [2.24, 2.45) is 0 Å². The Morgan fingerprint density at radius 3 is 2.47 bits per heavy atom. The maximum atomic E-state index is 13.5. The predicted molar refractivity (Wildman–Crippen MR) is 78.7 cm³/mol. The van der Waals surface area contributed by atoms with Crippen LogP contribution in [0.25, 0.3) is 0 Å². The Bertz CT molecular complexity index is 552. The van der Waals surface area contributed by atoms with E-state index in [2.05, 4.69) is 24.0 Å². The Morgan fingerprint density at radius 2 is 1.84 bits per heavy atom. The Balaban J connectivity index is 2.30. The van der Waals surface area contributed by atoms with Crippen LogP contribution in [0.15, 0.2) is 42.5 Å². The number of nitrogens with two attached hydrogens (primary N) is 1. The van der Waals surface area contributed by atoms with Crippen LogP contribution in [0.1, 0.15) is 18.1 Å². The number of anilines is 2. The summed E-state index contributed by atoms with van der Waals surface area (Å²) in [6, 6.07) is 13.4. The van der Waals surface area contributed by atoms with Crippen LogP contribution < -0.4 is 10.6 Å². The smallest absolute Gasteiger partial charge is 0.128 e. The van der Waals surface area contributed by atoms with Crippen molar-refractivity contribution in [2.45, 2.75) is 20.4 Å². The topological polar surface area (TPSA) is 29.3 Å². The summed E-state index contributed by atoms with van der Waals surface area (Å²) in [4.78, 5) is 2.15. The summed E-state index contributed by atoms with van der Waals surface area (Å²) in [6.07, 6.45) is 0. The summed E-state index contributed by atoms with van der Waals surface area (Å²) in [7, 11) is 0. The minimum absolute atomic E-state index is 0.253. The zero-order valence-corrected chi connectivity index (χ0v) is 11.4. The molecule has 0 heterocycles. The highest BCUT2D eigenvalue weighted by molar-refractivity contribution is 5.68. The first-order valence-corrected chi connectivity index (χ1v) is 6.46. The number of hydrogen-bond acceptors (Lipinski definition) is 2. The lowest BCUT2D eigenvalue weighted by Gasteiger charge is -2.25. The molecule has 3 heteroatoms. The van der Waals surface area contributed by atoms with Gasteiger partial charge in [-0.25, -0.2) is 4.39 Å². The van der Waals surface area contributed by atoms with Crippen molar-refractivity contribution in [3.05, 3.63) is 59.4 Å². The van der Waals surface area contributed by atoms with E-state index in [-0.39, 0.29) is 5.82 Å². The second-order valence-corrected chi connectivity index (χ2v) is 4.66. The van der Waals surface area contributed by atoms with Crippen LogP contribution in [0.4, 0.5) is 15.8 Å². The zero-order chi connectivity index (χ0) is 13.8. The van der Waals surface area contributed by atoms with Crippen LogP contribution in [0, 0.1) is 12.7 Å². The van der Waals surface area contributed by atoms with Gasteiger partial charge in [0.15, 0.2) is 0 Å². The molecular formula is C16H19FN2. The van der Waals surface area contributed by atoms with Gasteiger partial charge < -0.3 is 10.6 Å². The van der Waals surface area contributed by atoms with Crippen molar-refractivity contribution < 1.29 is 4.39 Å². The van der Waals surface area contributed by atoms with Gasteiger partial charge in [0.2, 0.25) is 0 Å². The minimum Gasteiger partial charge on any atom is -0.397 e. The van der Waals surface area contributed by atoms with Crippen LogP contribution in [-0.4, -0.2) is 6.54 Å². The molecule has 0 radical (unpaired) electrons. The van der Waals surface area contributed by atoms with E-state index in [9.17, 15) is 4.39 Å². The normalized spacial score (nSPS) is 10.5. The van der Waals surface area contributed by atoms with Crippen LogP contribution in [0.3, 0.4) is 0 Å². The number of aryl methyl sites for hydroxylation is 1. The average molecular weight is 258 g/mol. The van der Waals surface area contributed by atoms with E-state index in [0.717, 1.165) is 18.8 Å². The van der Waals surface area contributed by atoms with Gasteiger partial charge in [-0.3, -0.25) is 0 Å². The molecule has 19 heavy (non-hydrogen) atoms. The summed E-state index contributed by atoms with van der Waals surface area (Å²) in [6.45, 7) is 5.42. The molecule has 0 saturated heterocycles. The Kier molecular flexibility index (Phi) is 4.05. The molecule has 0 spiro atoms. The second kappa shape index (κ2) is 5.74. The van der Waals surface area contributed by atoms with Crippen LogP contribution in [0.5, 0.6) is 0 Å². The zero-order valence-electron chi connectivity index (χ0n) is 11.4. The van der Waals surface area contributed by atoms with Crippen molar-refractivity contribution in [1.82, 2.24) is 0 Å². The molecule has 0 saturated carbocycles. The van der Waals surface area contributed by atoms with E-state index in [0.29, 0.717) is 11.3 Å². The van der Waals surface area contributed by atoms with E-state index in [1.807, 2.05) is 24.3 Å². The molecular weight excluding hydrogens is 239 g/mol. The van der Waals surface area contributed by atoms with Crippen molar-refractivity contribution in [1.29, 1.82) is 0 Å². The van der Waals surface area contributed by atoms with Gasteiger partial charge in [-0.05, 0) is 37.1 Å². The molecule has 0 unspecified atom stereocenters. The van der Waals surface area contributed by atoms with Gasteiger partial charge in [-0.2, -0.15) is 0 Å². The predicted octanol–water partition coefficient (Wildman–Crippen LogP) is 3.74. The fourth-order valence-corrected chi connectivity index (χ4v) is 2.13. The van der Waals surface area contributed by atoms with Gasteiger partial charge in [0.1, 0.15) is 5.82 Å². The fraction of sp³-hybridized carbons (Fsp3) is 0.250. The summed E-state index contributed by atoms with van der Waals surface area (Å²) >= 11 is 0. The van der Waals surface area contributed by atoms with Gasteiger partial charge >= 0.3 is 0 Å². The van der Waals surface area contributed by atoms with Gasteiger partial charge in [0, 0.05) is 13.1 Å². The third-order valence-electron chi connectivity index (χ3n) is 3.25. The third-order valence-corrected chi connectivity index (χ3v) is 3.25. The van der Waals surface area contributed by atoms with E-state index >= 15 is 0 Å². The molecule has 0 amide bonds. The van der Waals surface area contributed by atoms with Crippen LogP contribution in [0.2, 0.25) is 0 Å². The van der Waals surface area contributed by atoms with Crippen molar-refractivity contribution >= 4 is 11.4 Å². The molecule has 0 aliphatic carbocycles. The first-order valence-electron chi connectivity index (χ1n) is 6.46. The fourth-order valence-electron chi connectivity index (χ4n) is 2.13. The number of rotatable bonds is 4. The SMILES string of the molecule is CCN(Cc1ccccc1)c1cc(C)c(F)cc1N. The van der Waals surface area contributed by atoms with Gasteiger partial charge in [-0.1, -0.05) is 30.3 Å². The lowest BCUT2D eigenvalue weighted by atomic mass is 10.1. The maximum Gasteiger partial charge on any atom is 0.128 e. The molecule has 0 fully saturated rings. The highest BCUT2D eigenvalue weighted by Gasteiger charge is 2.11. The quantitative estimate of drug-likeness (QED) is 0.846. The Morgan fingerprint density at radius 1 is 1.16 bits per heavy atom. The number of halogens is 1. The number of hydrogen-bond donors (Lipinski definition) is 1. The summed E-state index contributed by atoms with van der Waals surface area (Å²) in [5, 5.41) is 0. The minimum atomic E-state index is -0.253. The average Bonchev–Trinajstić information content (AvgIpc) is 2.42. The molecule has 2 aromatic carbocycles. The molecule has 2 nitrogen and oxygen atoms in total. The Labute approximate surface area is 113 Å². The standard InChI is InChI=1S/C16H19FN2/c1-3-19(11-13-7-5-4-6-8-13)16-9-12(2)14(17)10-15(16)18/h4-10H,3,11,18H2,1-2H3. The van der Waals surface area contributed by atoms with Crippen molar-refractivity contribution in [3.63, 3.8) is 0 Å². The number of nitrogen functional groups attached to an aromatic ring is 1. The molecule has 2 N–H and O–H groups in total. The summed E-state index contributed by atoms with van der Waals surface area (Å²) < 4.78 is 13.5. The second-order valence-electron chi connectivity index (χ2n) is 4.66. The molecule has 100 valence electrons. The molecule has 2 rings (SSSR count). The number of benzene rings is 2. The highest BCUT2D eigenvalue weighted by Crippen LogP contribution is 2.27. The maximum absolute atomic E-state index is 13.5. The molecule has 0 atom stereocenters. The molecule has 0 aromatic heterocycles. The lowest BCUT2D eigenvalue weighted by molar-refractivity contribution is 0.619. The summed E-state index contributed by atoms with van der Waals surface area (Å²) in [5.41, 5.74) is 9.15.